The number of amides is 1. The molecule has 1 fully saturated rings. The Kier molecular flexibility index (Phi) is 6.62. The van der Waals surface area contributed by atoms with Crippen LogP contribution < -0.4 is 10.6 Å². The van der Waals surface area contributed by atoms with Gasteiger partial charge in [-0.3, -0.25) is 4.79 Å². The Morgan fingerprint density at radius 2 is 1.93 bits per heavy atom. The number of nitrogens with one attached hydrogen (secondary N) is 2. The highest BCUT2D eigenvalue weighted by atomic mass is 35.5. The van der Waals surface area contributed by atoms with Gasteiger partial charge in [-0.15, -0.1) is 0 Å². The average molecular weight is 427 g/mol. The number of aryl methyl sites for hydroxylation is 1. The molecule has 0 bridgehead atoms. The number of hydrogen-bond acceptors (Lipinski definition) is 4. The van der Waals surface area contributed by atoms with Gasteiger partial charge in [-0.25, -0.2) is 9.97 Å². The number of aromatic nitrogens is 2. The predicted octanol–water partition coefficient (Wildman–Crippen LogP) is 4.86. The van der Waals surface area contributed by atoms with Gasteiger partial charge in [0.05, 0.1) is 16.1 Å². The molecule has 1 amide bonds. The van der Waals surface area contributed by atoms with Crippen LogP contribution in [0.25, 0.3) is 0 Å². The molecule has 5 nitrogen and oxygen atoms in total. The van der Waals surface area contributed by atoms with E-state index in [0.717, 1.165) is 56.1 Å². The summed E-state index contributed by atoms with van der Waals surface area (Å²) >= 11 is 5.94. The standard InChI is InChI=1S/C20H22ClF3N4O/c1-12-8-9-25-19(27-12)26-11-13-2-5-15(6-3-13)28-18(29)16-10-14(20(22,23)24)4-7-17(16)21/h4,7-10,13,15H,2-3,5-6,11H2,1H3,(H,28,29)(H,25,26,27). The minimum atomic E-state index is -4.52. The van der Waals surface area contributed by atoms with E-state index in [-0.39, 0.29) is 16.6 Å². The highest BCUT2D eigenvalue weighted by Gasteiger charge is 2.32. The number of hydrogen-bond donors (Lipinski definition) is 2. The Hall–Kier alpha value is -2.35. The minimum absolute atomic E-state index is 0.00606. The first-order valence-corrected chi connectivity index (χ1v) is 9.81. The van der Waals surface area contributed by atoms with E-state index in [1.165, 1.54) is 0 Å². The number of halogens is 4. The highest BCUT2D eigenvalue weighted by molar-refractivity contribution is 6.33. The summed E-state index contributed by atoms with van der Waals surface area (Å²) in [4.78, 5) is 20.9. The van der Waals surface area contributed by atoms with Gasteiger partial charge in [0.1, 0.15) is 0 Å². The normalized spacial score (nSPS) is 19.6. The summed E-state index contributed by atoms with van der Waals surface area (Å²) in [5.74, 6) is 0.444. The molecule has 1 aromatic heterocycles. The van der Waals surface area contributed by atoms with Crippen molar-refractivity contribution in [1.82, 2.24) is 15.3 Å². The van der Waals surface area contributed by atoms with Crippen molar-refractivity contribution in [2.45, 2.75) is 44.8 Å². The lowest BCUT2D eigenvalue weighted by Crippen LogP contribution is -2.38. The third-order valence-electron chi connectivity index (χ3n) is 5.06. The Morgan fingerprint density at radius 3 is 2.59 bits per heavy atom. The lowest BCUT2D eigenvalue weighted by atomic mass is 9.86. The number of anilines is 1. The van der Waals surface area contributed by atoms with Gasteiger partial charge in [0.25, 0.3) is 5.91 Å². The van der Waals surface area contributed by atoms with E-state index in [0.29, 0.717) is 11.9 Å². The molecule has 1 aliphatic rings. The van der Waals surface area contributed by atoms with Crippen LogP contribution in [0.2, 0.25) is 5.02 Å². The molecule has 0 spiro atoms. The molecule has 2 aromatic rings. The van der Waals surface area contributed by atoms with Crippen molar-refractivity contribution in [3.63, 3.8) is 0 Å². The molecule has 1 heterocycles. The molecular weight excluding hydrogens is 405 g/mol. The first kappa shape index (κ1) is 21.4. The maximum atomic E-state index is 12.9. The zero-order chi connectivity index (χ0) is 21.0. The van der Waals surface area contributed by atoms with Gasteiger partial charge >= 0.3 is 6.18 Å². The van der Waals surface area contributed by atoms with E-state index < -0.39 is 17.6 Å². The van der Waals surface area contributed by atoms with Crippen molar-refractivity contribution in [3.05, 3.63) is 52.3 Å². The second-order valence-electron chi connectivity index (χ2n) is 7.29. The van der Waals surface area contributed by atoms with Gasteiger partial charge < -0.3 is 10.6 Å². The first-order chi connectivity index (χ1) is 13.7. The SMILES string of the molecule is Cc1ccnc(NCC2CCC(NC(=O)c3cc(C(F)(F)F)ccc3Cl)CC2)n1. The molecule has 0 unspecified atom stereocenters. The predicted molar refractivity (Wildman–Crippen MR) is 105 cm³/mol. The summed E-state index contributed by atoms with van der Waals surface area (Å²) in [6.07, 6.45) is 0.467. The second-order valence-corrected chi connectivity index (χ2v) is 7.69. The Balaban J connectivity index is 1.51. The summed E-state index contributed by atoms with van der Waals surface area (Å²) in [5, 5.41) is 6.06. The van der Waals surface area contributed by atoms with Crippen molar-refractivity contribution in [2.75, 3.05) is 11.9 Å². The van der Waals surface area contributed by atoms with Crippen LogP contribution in [0.4, 0.5) is 19.1 Å². The van der Waals surface area contributed by atoms with Crippen molar-refractivity contribution >= 4 is 23.5 Å². The maximum Gasteiger partial charge on any atom is 0.416 e. The van der Waals surface area contributed by atoms with Crippen molar-refractivity contribution in [2.24, 2.45) is 5.92 Å². The molecule has 0 radical (unpaired) electrons. The van der Waals surface area contributed by atoms with E-state index >= 15 is 0 Å². The molecule has 2 N–H and O–H groups in total. The lowest BCUT2D eigenvalue weighted by molar-refractivity contribution is -0.137. The summed E-state index contributed by atoms with van der Waals surface area (Å²) in [6, 6.07) is 4.52. The highest BCUT2D eigenvalue weighted by Crippen LogP contribution is 2.32. The van der Waals surface area contributed by atoms with Crippen LogP contribution in [0.15, 0.2) is 30.5 Å². The summed E-state index contributed by atoms with van der Waals surface area (Å²) in [5.41, 5.74) is -0.149. The van der Waals surface area contributed by atoms with Crippen LogP contribution in [0.1, 0.15) is 47.3 Å². The van der Waals surface area contributed by atoms with Crippen LogP contribution >= 0.6 is 11.6 Å². The molecule has 1 saturated carbocycles. The van der Waals surface area contributed by atoms with Gasteiger partial charge in [-0.2, -0.15) is 13.2 Å². The molecule has 0 aliphatic heterocycles. The van der Waals surface area contributed by atoms with E-state index in [4.69, 9.17) is 11.6 Å². The van der Waals surface area contributed by atoms with Crippen LogP contribution in [-0.2, 0) is 6.18 Å². The molecule has 0 saturated heterocycles. The molecule has 3 rings (SSSR count). The quantitative estimate of drug-likeness (QED) is 0.716. The molecule has 156 valence electrons. The van der Waals surface area contributed by atoms with Crippen LogP contribution in [0.5, 0.6) is 0 Å². The summed E-state index contributed by atoms with van der Waals surface area (Å²) < 4.78 is 38.7. The minimum Gasteiger partial charge on any atom is -0.354 e. The number of alkyl halides is 3. The van der Waals surface area contributed by atoms with E-state index in [9.17, 15) is 18.0 Å². The Morgan fingerprint density at radius 1 is 1.21 bits per heavy atom. The van der Waals surface area contributed by atoms with E-state index in [1.54, 1.807) is 6.20 Å². The molecule has 29 heavy (non-hydrogen) atoms. The molecule has 1 aliphatic carbocycles. The van der Waals surface area contributed by atoms with Gasteiger partial charge in [0.2, 0.25) is 5.95 Å². The van der Waals surface area contributed by atoms with Gasteiger partial charge in [-0.1, -0.05) is 11.6 Å². The summed E-state index contributed by atoms with van der Waals surface area (Å²) in [6.45, 7) is 2.64. The lowest BCUT2D eigenvalue weighted by Gasteiger charge is -2.29. The van der Waals surface area contributed by atoms with Gasteiger partial charge in [-0.05, 0) is 62.8 Å². The van der Waals surface area contributed by atoms with E-state index in [1.807, 2.05) is 13.0 Å². The molecule has 1 aromatic carbocycles. The molecule has 0 atom stereocenters. The molecular formula is C20H22ClF3N4O. The number of carbonyl (C=O) groups excluding carboxylic acids is 1. The number of carbonyl (C=O) groups is 1. The zero-order valence-electron chi connectivity index (χ0n) is 15.9. The largest absolute Gasteiger partial charge is 0.416 e. The first-order valence-electron chi connectivity index (χ1n) is 9.43. The van der Waals surface area contributed by atoms with E-state index in [2.05, 4.69) is 20.6 Å². The fourth-order valence-electron chi connectivity index (χ4n) is 3.42. The van der Waals surface area contributed by atoms with Crippen molar-refractivity contribution in [3.8, 4) is 0 Å². The number of benzene rings is 1. The fraction of sp³-hybridized carbons (Fsp3) is 0.450. The van der Waals surface area contributed by atoms with Crippen LogP contribution in [-0.4, -0.2) is 28.5 Å². The maximum absolute atomic E-state index is 12.9. The van der Waals surface area contributed by atoms with Crippen molar-refractivity contribution in [1.29, 1.82) is 0 Å². The van der Waals surface area contributed by atoms with Crippen LogP contribution in [0, 0.1) is 12.8 Å². The second kappa shape index (κ2) is 8.98. The van der Waals surface area contributed by atoms with Crippen molar-refractivity contribution < 1.29 is 18.0 Å². The van der Waals surface area contributed by atoms with Gasteiger partial charge in [0, 0.05) is 24.5 Å². The number of rotatable bonds is 5. The third-order valence-corrected chi connectivity index (χ3v) is 5.39. The smallest absolute Gasteiger partial charge is 0.354 e. The topological polar surface area (TPSA) is 66.9 Å². The number of nitrogens with zero attached hydrogens (tertiary/aromatic N) is 2. The third kappa shape index (κ3) is 5.82. The molecule has 9 heteroatoms. The van der Waals surface area contributed by atoms with Crippen LogP contribution in [0.3, 0.4) is 0 Å². The van der Waals surface area contributed by atoms with Gasteiger partial charge in [0.15, 0.2) is 0 Å². The average Bonchev–Trinajstić information content (AvgIpc) is 2.67. The Labute approximate surface area is 172 Å². The monoisotopic (exact) mass is 426 g/mol. The summed E-state index contributed by atoms with van der Waals surface area (Å²) in [7, 11) is 0. The zero-order valence-corrected chi connectivity index (χ0v) is 16.6. The Bertz CT molecular complexity index is 867. The fourth-order valence-corrected chi connectivity index (χ4v) is 3.62.